The lowest BCUT2D eigenvalue weighted by molar-refractivity contribution is -0.150. The number of ether oxygens (including phenoxy) is 1. The van der Waals surface area contributed by atoms with Crippen molar-refractivity contribution < 1.29 is 9.53 Å². The number of methoxy groups -OCH3 is 1. The quantitative estimate of drug-likeness (QED) is 0.821. The molecule has 0 N–H and O–H groups in total. The number of rotatable bonds is 4. The summed E-state index contributed by atoms with van der Waals surface area (Å²) in [5.41, 5.74) is 0.0504. The first-order chi connectivity index (χ1) is 8.27. The molecule has 0 radical (unpaired) electrons. The molecule has 0 saturated carbocycles. The number of carbonyl (C=O) groups is 1. The van der Waals surface area contributed by atoms with Gasteiger partial charge in [0.1, 0.15) is 5.60 Å². The Labute approximate surface area is 110 Å². The van der Waals surface area contributed by atoms with Crippen LogP contribution in [-0.2, 0) is 15.1 Å². The van der Waals surface area contributed by atoms with Crippen molar-refractivity contribution in [2.45, 2.75) is 38.8 Å². The van der Waals surface area contributed by atoms with E-state index in [1.54, 1.807) is 18.9 Å². The molecule has 0 aliphatic heterocycles. The third-order valence-corrected chi connectivity index (χ3v) is 4.21. The first kappa shape index (κ1) is 14.7. The Morgan fingerprint density at radius 2 is 1.67 bits per heavy atom. The van der Waals surface area contributed by atoms with Crippen LogP contribution in [0.2, 0.25) is 0 Å². The van der Waals surface area contributed by atoms with Gasteiger partial charge in [-0.3, -0.25) is 4.79 Å². The highest BCUT2D eigenvalue weighted by Crippen LogP contribution is 2.39. The zero-order valence-corrected chi connectivity index (χ0v) is 12.2. The molecule has 3 heteroatoms. The number of amides is 1. The molecule has 0 bridgehead atoms. The Morgan fingerprint density at radius 3 is 2.06 bits per heavy atom. The van der Waals surface area contributed by atoms with Crippen LogP contribution in [0, 0.1) is 0 Å². The summed E-state index contributed by atoms with van der Waals surface area (Å²) in [6.07, 6.45) is 0. The van der Waals surface area contributed by atoms with Gasteiger partial charge in [0.15, 0.2) is 0 Å². The Balaban J connectivity index is 3.27. The molecule has 1 aromatic rings. The Hall–Kier alpha value is -1.35. The van der Waals surface area contributed by atoms with Crippen LogP contribution in [0.1, 0.15) is 33.3 Å². The van der Waals surface area contributed by atoms with Gasteiger partial charge in [-0.15, -0.1) is 0 Å². The second-order valence-corrected chi connectivity index (χ2v) is 5.24. The molecule has 0 heterocycles. The monoisotopic (exact) mass is 249 g/mol. The van der Waals surface area contributed by atoms with Crippen molar-refractivity contribution in [2.75, 3.05) is 14.2 Å². The minimum absolute atomic E-state index is 0.0270. The number of nitrogens with zero attached hydrogens (tertiary/aromatic N) is 1. The molecule has 0 fully saturated rings. The lowest BCUT2D eigenvalue weighted by Crippen LogP contribution is -2.58. The third-order valence-electron chi connectivity index (χ3n) is 4.21. The molecule has 1 rings (SSSR count). The fraction of sp³-hybridized carbons (Fsp3) is 0.533. The Kier molecular flexibility index (Phi) is 4.17. The van der Waals surface area contributed by atoms with Crippen LogP contribution >= 0.6 is 0 Å². The Bertz CT molecular complexity index is 414. The molecular formula is C15H23NO2. The van der Waals surface area contributed by atoms with E-state index in [-0.39, 0.29) is 5.91 Å². The maximum absolute atomic E-state index is 11.7. The van der Waals surface area contributed by atoms with Gasteiger partial charge in [0.05, 0.1) is 5.54 Å². The van der Waals surface area contributed by atoms with Crippen molar-refractivity contribution in [1.82, 2.24) is 4.90 Å². The van der Waals surface area contributed by atoms with Gasteiger partial charge in [-0.1, -0.05) is 30.3 Å². The highest BCUT2D eigenvalue weighted by atomic mass is 16.5. The lowest BCUT2D eigenvalue weighted by atomic mass is 9.77. The minimum Gasteiger partial charge on any atom is -0.371 e. The predicted octanol–water partition coefficient (Wildman–Crippen LogP) is 2.81. The fourth-order valence-electron chi connectivity index (χ4n) is 2.19. The summed E-state index contributed by atoms with van der Waals surface area (Å²) in [5, 5.41) is 0. The normalized spacial score (nSPS) is 15.0. The van der Waals surface area contributed by atoms with Crippen LogP contribution in [0.3, 0.4) is 0 Å². The predicted molar refractivity (Wildman–Crippen MR) is 73.3 cm³/mol. The topological polar surface area (TPSA) is 29.5 Å². The molecule has 0 aliphatic carbocycles. The molecule has 3 nitrogen and oxygen atoms in total. The number of benzene rings is 1. The average molecular weight is 249 g/mol. The molecule has 0 aromatic heterocycles. The molecule has 18 heavy (non-hydrogen) atoms. The molecule has 1 atom stereocenters. The smallest absolute Gasteiger partial charge is 0.219 e. The number of likely N-dealkylation sites (N-methyl/N-ethyl adjacent to an activating group) is 1. The maximum Gasteiger partial charge on any atom is 0.219 e. The molecule has 1 aromatic carbocycles. The number of carbonyl (C=O) groups excluding carboxylic acids is 1. The van der Waals surface area contributed by atoms with Gasteiger partial charge < -0.3 is 9.64 Å². The van der Waals surface area contributed by atoms with Crippen LogP contribution in [-0.4, -0.2) is 30.5 Å². The number of hydrogen-bond acceptors (Lipinski definition) is 2. The van der Waals surface area contributed by atoms with Crippen molar-refractivity contribution in [3.8, 4) is 0 Å². The molecule has 0 spiro atoms. The summed E-state index contributed by atoms with van der Waals surface area (Å²) < 4.78 is 5.77. The minimum atomic E-state index is -0.561. The van der Waals surface area contributed by atoms with Crippen molar-refractivity contribution in [3.63, 3.8) is 0 Å². The zero-order valence-electron chi connectivity index (χ0n) is 12.2. The van der Waals surface area contributed by atoms with Crippen LogP contribution in [0.15, 0.2) is 30.3 Å². The van der Waals surface area contributed by atoms with E-state index in [1.165, 1.54) is 0 Å². The van der Waals surface area contributed by atoms with Gasteiger partial charge in [0, 0.05) is 21.1 Å². The average Bonchev–Trinajstić information content (AvgIpc) is 2.37. The van der Waals surface area contributed by atoms with Crippen LogP contribution in [0.4, 0.5) is 0 Å². The molecule has 0 aliphatic rings. The van der Waals surface area contributed by atoms with Gasteiger partial charge in [-0.25, -0.2) is 0 Å². The van der Waals surface area contributed by atoms with Crippen LogP contribution in [0.5, 0.6) is 0 Å². The van der Waals surface area contributed by atoms with E-state index in [4.69, 9.17) is 4.74 Å². The van der Waals surface area contributed by atoms with Crippen LogP contribution in [0.25, 0.3) is 0 Å². The van der Waals surface area contributed by atoms with Crippen LogP contribution < -0.4 is 0 Å². The third kappa shape index (κ3) is 2.27. The summed E-state index contributed by atoms with van der Waals surface area (Å²) in [5.74, 6) is 0.0270. The summed E-state index contributed by atoms with van der Waals surface area (Å²) in [6.45, 7) is 7.63. The van der Waals surface area contributed by atoms with E-state index in [2.05, 4.69) is 0 Å². The van der Waals surface area contributed by atoms with Crippen molar-refractivity contribution in [1.29, 1.82) is 0 Å². The van der Waals surface area contributed by atoms with Gasteiger partial charge in [0.2, 0.25) is 5.91 Å². The molecule has 1 amide bonds. The summed E-state index contributed by atoms with van der Waals surface area (Å²) in [4.78, 5) is 13.4. The maximum atomic E-state index is 11.7. The van der Waals surface area contributed by atoms with Gasteiger partial charge in [-0.05, 0) is 26.3 Å². The van der Waals surface area contributed by atoms with E-state index in [0.717, 1.165) is 5.56 Å². The Morgan fingerprint density at radius 1 is 1.17 bits per heavy atom. The summed E-state index contributed by atoms with van der Waals surface area (Å²) >= 11 is 0. The first-order valence-corrected chi connectivity index (χ1v) is 6.12. The molecule has 100 valence electrons. The van der Waals surface area contributed by atoms with Crippen molar-refractivity contribution in [2.24, 2.45) is 0 Å². The molecule has 1 unspecified atom stereocenters. The largest absolute Gasteiger partial charge is 0.371 e. The second-order valence-electron chi connectivity index (χ2n) is 5.24. The van der Waals surface area contributed by atoms with Crippen molar-refractivity contribution >= 4 is 5.91 Å². The fourth-order valence-corrected chi connectivity index (χ4v) is 2.19. The number of hydrogen-bond donors (Lipinski definition) is 0. The molecular weight excluding hydrogens is 226 g/mol. The van der Waals surface area contributed by atoms with Gasteiger partial charge in [-0.2, -0.15) is 0 Å². The van der Waals surface area contributed by atoms with E-state index >= 15 is 0 Å². The summed E-state index contributed by atoms with van der Waals surface area (Å²) in [7, 11) is 3.49. The van der Waals surface area contributed by atoms with E-state index in [9.17, 15) is 4.79 Å². The van der Waals surface area contributed by atoms with E-state index in [1.807, 2.05) is 58.2 Å². The highest BCUT2D eigenvalue weighted by molar-refractivity contribution is 5.74. The van der Waals surface area contributed by atoms with Crippen molar-refractivity contribution in [3.05, 3.63) is 35.9 Å². The van der Waals surface area contributed by atoms with E-state index < -0.39 is 11.1 Å². The second kappa shape index (κ2) is 5.11. The standard InChI is InChI=1S/C15H23NO2/c1-12(17)16(5)14(2,3)15(4,18-6)13-10-8-7-9-11-13/h7-11H,1-6H3. The van der Waals surface area contributed by atoms with E-state index in [0.29, 0.717) is 0 Å². The molecule has 0 saturated heterocycles. The first-order valence-electron chi connectivity index (χ1n) is 6.12. The summed E-state index contributed by atoms with van der Waals surface area (Å²) in [6, 6.07) is 9.99. The zero-order chi connectivity index (χ0) is 14.0. The lowest BCUT2D eigenvalue weighted by Gasteiger charge is -2.48. The SMILES string of the molecule is COC(C)(c1ccccc1)C(C)(C)N(C)C(C)=O. The highest BCUT2D eigenvalue weighted by Gasteiger charge is 2.46. The van der Waals surface area contributed by atoms with Gasteiger partial charge in [0.25, 0.3) is 0 Å². The van der Waals surface area contributed by atoms with Gasteiger partial charge >= 0.3 is 0 Å².